The van der Waals surface area contributed by atoms with Crippen molar-refractivity contribution in [1.29, 1.82) is 0 Å². The van der Waals surface area contributed by atoms with Crippen LogP contribution in [0.5, 0.6) is 17.2 Å². The lowest BCUT2D eigenvalue weighted by Gasteiger charge is -2.28. The molecule has 1 N–H and O–H groups in total. The molecule has 0 bridgehead atoms. The number of methoxy groups -OCH3 is 2. The average molecular weight is 541 g/mol. The molecule has 0 radical (unpaired) electrons. The number of ether oxygens (including phenoxy) is 4. The van der Waals surface area contributed by atoms with Gasteiger partial charge in [0.15, 0.2) is 5.75 Å². The lowest BCUT2D eigenvalue weighted by atomic mass is 9.86. The Morgan fingerprint density at radius 1 is 1.00 bits per heavy atom. The van der Waals surface area contributed by atoms with Crippen LogP contribution in [0.4, 0.5) is 4.39 Å². The lowest BCUT2D eigenvalue weighted by Crippen LogP contribution is -2.41. The Morgan fingerprint density at radius 2 is 1.68 bits per heavy atom. The Kier molecular flexibility index (Phi) is 9.72. The summed E-state index contributed by atoms with van der Waals surface area (Å²) >= 11 is 5.45. The summed E-state index contributed by atoms with van der Waals surface area (Å²) in [6.45, 7) is 4.59. The number of rotatable bonds is 10. The van der Waals surface area contributed by atoms with Gasteiger partial charge in [-0.2, -0.15) is 0 Å². The highest BCUT2D eigenvalue weighted by Gasteiger charge is 2.30. The fraction of sp³-hybridized carbons (Fsp3) is 0.286. The van der Waals surface area contributed by atoms with Crippen molar-refractivity contribution in [1.82, 2.24) is 10.3 Å². The number of benzene rings is 2. The van der Waals surface area contributed by atoms with Gasteiger partial charge in [-0.05, 0) is 25.5 Å². The first-order valence-corrected chi connectivity index (χ1v) is 12.2. The molecule has 3 rings (SSSR count). The molecule has 200 valence electrons. The molecule has 10 heteroatoms. The smallest absolute Gasteiger partial charge is 0.328 e. The third kappa shape index (κ3) is 6.83. The molecule has 0 fully saturated rings. The van der Waals surface area contributed by atoms with E-state index in [1.165, 1.54) is 45.5 Å². The maximum Gasteiger partial charge on any atom is 0.328 e. The Bertz CT molecular complexity index is 1300. The summed E-state index contributed by atoms with van der Waals surface area (Å²) in [5, 5.41) is 2.89. The van der Waals surface area contributed by atoms with Gasteiger partial charge in [-0.25, -0.2) is 14.2 Å². The van der Waals surface area contributed by atoms with Crippen LogP contribution < -0.4 is 19.5 Å². The van der Waals surface area contributed by atoms with Crippen molar-refractivity contribution in [3.63, 3.8) is 0 Å². The molecule has 0 spiro atoms. The van der Waals surface area contributed by atoms with E-state index in [1.807, 2.05) is 30.3 Å². The molecule has 0 aliphatic rings. The van der Waals surface area contributed by atoms with Crippen molar-refractivity contribution >= 4 is 29.1 Å². The second kappa shape index (κ2) is 13.0. The molecule has 0 saturated heterocycles. The fourth-order valence-corrected chi connectivity index (χ4v) is 4.30. The van der Waals surface area contributed by atoms with Crippen LogP contribution in [0.15, 0.2) is 60.8 Å². The van der Waals surface area contributed by atoms with E-state index >= 15 is 0 Å². The zero-order chi connectivity index (χ0) is 27.8. The minimum atomic E-state index is -0.880. The molecule has 38 heavy (non-hydrogen) atoms. The highest BCUT2D eigenvalue weighted by atomic mass is 32.1. The van der Waals surface area contributed by atoms with Gasteiger partial charge >= 0.3 is 11.9 Å². The van der Waals surface area contributed by atoms with E-state index in [2.05, 4.69) is 10.3 Å². The summed E-state index contributed by atoms with van der Waals surface area (Å²) < 4.78 is 35.7. The summed E-state index contributed by atoms with van der Waals surface area (Å²) in [7, 11) is 2.88. The number of carbonyl (C=O) groups is 2. The van der Waals surface area contributed by atoms with E-state index in [4.69, 9.17) is 31.2 Å². The molecule has 3 aromatic rings. The summed E-state index contributed by atoms with van der Waals surface area (Å²) in [6.07, 6.45) is 0.787. The third-order valence-corrected chi connectivity index (χ3v) is 6.02. The van der Waals surface area contributed by atoms with Crippen LogP contribution in [-0.4, -0.2) is 48.3 Å². The summed E-state index contributed by atoms with van der Waals surface area (Å²) in [4.78, 5) is 29.0. The summed E-state index contributed by atoms with van der Waals surface area (Å²) in [5.74, 6) is -1.39. The Morgan fingerprint density at radius 3 is 2.32 bits per heavy atom. The first kappa shape index (κ1) is 28.5. The van der Waals surface area contributed by atoms with Crippen LogP contribution in [-0.2, 0) is 14.3 Å². The van der Waals surface area contributed by atoms with Gasteiger partial charge in [0, 0.05) is 36.7 Å². The monoisotopic (exact) mass is 540 g/mol. The number of aromatic nitrogens is 1. The van der Waals surface area contributed by atoms with Crippen molar-refractivity contribution in [3.05, 3.63) is 83.4 Å². The van der Waals surface area contributed by atoms with E-state index in [-0.39, 0.29) is 22.2 Å². The largest absolute Gasteiger partial charge is 0.496 e. The van der Waals surface area contributed by atoms with Gasteiger partial charge in [-0.15, -0.1) is 0 Å². The molecule has 1 aromatic heterocycles. The van der Waals surface area contributed by atoms with Gasteiger partial charge < -0.3 is 24.3 Å². The molecule has 0 saturated carbocycles. The Balaban J connectivity index is 1.82. The predicted molar refractivity (Wildman–Crippen MR) is 143 cm³/mol. The number of thiocarbonyl (C=S) groups is 1. The normalized spacial score (nSPS) is 13.0. The van der Waals surface area contributed by atoms with E-state index < -0.39 is 35.8 Å². The Labute approximate surface area is 226 Å². The van der Waals surface area contributed by atoms with E-state index in [9.17, 15) is 14.0 Å². The lowest BCUT2D eigenvalue weighted by molar-refractivity contribution is -0.150. The summed E-state index contributed by atoms with van der Waals surface area (Å²) in [6, 6.07) is 14.3. The maximum atomic E-state index is 13.9. The van der Waals surface area contributed by atoms with Crippen LogP contribution in [0.1, 0.15) is 43.5 Å². The number of hydrogen-bond donors (Lipinski definition) is 1. The zero-order valence-electron chi connectivity index (χ0n) is 21.7. The number of nitrogens with zero attached hydrogens (tertiary/aromatic N) is 1. The van der Waals surface area contributed by atoms with Crippen LogP contribution in [0.25, 0.3) is 0 Å². The van der Waals surface area contributed by atoms with Crippen molar-refractivity contribution in [2.75, 3.05) is 14.2 Å². The van der Waals surface area contributed by atoms with Crippen molar-refractivity contribution < 1.29 is 32.9 Å². The van der Waals surface area contributed by atoms with Gasteiger partial charge in [-0.3, -0.25) is 4.79 Å². The van der Waals surface area contributed by atoms with E-state index in [0.29, 0.717) is 11.3 Å². The minimum Gasteiger partial charge on any atom is -0.496 e. The minimum absolute atomic E-state index is 0.0430. The third-order valence-electron chi connectivity index (χ3n) is 5.71. The number of nitrogens with one attached hydrogen (secondary N) is 1. The number of esters is 2. The fourth-order valence-electron chi connectivity index (χ4n) is 3.98. The highest BCUT2D eigenvalue weighted by Crippen LogP contribution is 2.36. The molecule has 2 aromatic carbocycles. The zero-order valence-corrected chi connectivity index (χ0v) is 22.5. The predicted octanol–water partition coefficient (Wildman–Crippen LogP) is 4.58. The number of pyridine rings is 1. The van der Waals surface area contributed by atoms with E-state index in [1.54, 1.807) is 19.9 Å². The van der Waals surface area contributed by atoms with Crippen molar-refractivity contribution in [3.8, 4) is 17.2 Å². The van der Waals surface area contributed by atoms with Gasteiger partial charge in [-0.1, -0.05) is 48.6 Å². The molecule has 3 atom stereocenters. The number of carbonyl (C=O) groups excluding carboxylic acids is 2. The molecular weight excluding hydrogens is 511 g/mol. The average Bonchev–Trinajstić information content (AvgIpc) is 2.89. The highest BCUT2D eigenvalue weighted by molar-refractivity contribution is 7.80. The van der Waals surface area contributed by atoms with Crippen LogP contribution in [0.2, 0.25) is 0 Å². The quantitative estimate of drug-likeness (QED) is 0.293. The molecule has 0 aliphatic heterocycles. The van der Waals surface area contributed by atoms with Crippen LogP contribution >= 0.6 is 12.2 Å². The van der Waals surface area contributed by atoms with Gasteiger partial charge in [0.05, 0.1) is 14.2 Å². The van der Waals surface area contributed by atoms with Crippen molar-refractivity contribution in [2.45, 2.75) is 38.8 Å². The first-order valence-electron chi connectivity index (χ1n) is 11.8. The molecule has 0 amide bonds. The molecule has 8 nitrogen and oxygen atoms in total. The second-order valence-electron chi connectivity index (χ2n) is 8.40. The van der Waals surface area contributed by atoms with Crippen LogP contribution in [0.3, 0.4) is 0 Å². The van der Waals surface area contributed by atoms with Gasteiger partial charge in [0.2, 0.25) is 5.75 Å². The van der Waals surface area contributed by atoms with Crippen molar-refractivity contribution in [2.24, 2.45) is 0 Å². The molecular formula is C28H29FN2O6S. The van der Waals surface area contributed by atoms with Gasteiger partial charge in [0.1, 0.15) is 34.4 Å². The number of halogens is 1. The topological polar surface area (TPSA) is 96.0 Å². The molecule has 0 unspecified atom stereocenters. The van der Waals surface area contributed by atoms with Crippen LogP contribution in [0, 0.1) is 5.82 Å². The summed E-state index contributed by atoms with van der Waals surface area (Å²) in [5.41, 5.74) is 1.67. The molecule has 0 aliphatic carbocycles. The number of hydrogen-bond acceptors (Lipinski definition) is 8. The Hall–Kier alpha value is -4.05. The SMILES string of the molecule is COc1cc(F)ccc1[C@H](c1ccccc1)[C@H](C)OC(=O)[C@H](C)NC(=S)c1nccc(OC)c1OC(C)=O. The van der Waals surface area contributed by atoms with E-state index in [0.717, 1.165) is 5.56 Å². The van der Waals surface area contributed by atoms with Gasteiger partial charge in [0.25, 0.3) is 0 Å². The maximum absolute atomic E-state index is 13.9. The second-order valence-corrected chi connectivity index (χ2v) is 8.80. The first-order chi connectivity index (χ1) is 18.2. The standard InChI is InChI=1S/C28H29FN2O6S/c1-16(31-27(38)25-26(37-18(3)32)22(34-4)13-14-30-25)28(33)36-17(2)24(19-9-7-6-8-10-19)21-12-11-20(29)15-23(21)35-5/h6-17,24H,1-5H3,(H,31,38)/t16-,17-,24-/m0/s1. The molecule has 1 heterocycles.